The van der Waals surface area contributed by atoms with Crippen LogP contribution in [0.4, 0.5) is 4.39 Å². The van der Waals surface area contributed by atoms with Crippen LogP contribution in [0.25, 0.3) is 0 Å². The molecule has 0 bridgehead atoms. The van der Waals surface area contributed by atoms with Crippen molar-refractivity contribution in [3.05, 3.63) is 285 Å². The molecule has 0 fully saturated rings. The largest absolute Gasteiger partial charge is 0.497 e. The number of halogens is 2. The number of rotatable bonds is 24. The number of thiophene rings is 3. The van der Waals surface area contributed by atoms with Crippen LogP contribution >= 0.6 is 80.9 Å². The monoisotopic (exact) mass is 1480 g/mol. The van der Waals surface area contributed by atoms with Crippen LogP contribution in [-0.2, 0) is 54.2 Å². The molecular weight excluding hydrogens is 1410 g/mol. The van der Waals surface area contributed by atoms with Crippen molar-refractivity contribution in [1.29, 1.82) is 0 Å². The molecule has 3 aliphatic rings. The number of benzene rings is 7. The van der Waals surface area contributed by atoms with E-state index in [4.69, 9.17) is 25.8 Å². The van der Waals surface area contributed by atoms with Crippen molar-refractivity contribution in [2.24, 2.45) is 15.5 Å². The molecule has 3 aliphatic carbocycles. The van der Waals surface area contributed by atoms with Crippen LogP contribution in [0, 0.1) is 5.82 Å². The molecule has 101 heavy (non-hydrogen) atoms. The van der Waals surface area contributed by atoms with Gasteiger partial charge in [-0.3, -0.25) is 9.59 Å². The summed E-state index contributed by atoms with van der Waals surface area (Å²) >= 11 is 15.2. The van der Waals surface area contributed by atoms with Gasteiger partial charge in [0.1, 0.15) is 22.2 Å². The predicted octanol–water partition coefficient (Wildman–Crippen LogP) is 19.1. The van der Waals surface area contributed by atoms with E-state index < -0.39 is 12.0 Å². The Morgan fingerprint density at radius 1 is 0.525 bits per heavy atom. The highest BCUT2D eigenvalue weighted by Crippen LogP contribution is 2.49. The van der Waals surface area contributed by atoms with Crippen molar-refractivity contribution in [3.63, 3.8) is 0 Å². The summed E-state index contributed by atoms with van der Waals surface area (Å²) < 4.78 is 33.7. The Kier molecular flexibility index (Phi) is 22.8. The maximum absolute atomic E-state index is 14.8. The minimum Gasteiger partial charge on any atom is -0.497 e. The number of carbonyl (C=O) groups is 3. The molecular formula is C79H71ClFN5O9S6. The fourth-order valence-electron chi connectivity index (χ4n) is 13.4. The van der Waals surface area contributed by atoms with Gasteiger partial charge in [0.25, 0.3) is 11.8 Å². The molecule has 0 aliphatic heterocycles. The van der Waals surface area contributed by atoms with E-state index in [-0.39, 0.29) is 48.5 Å². The molecule has 4 atom stereocenters. The molecule has 14 nitrogen and oxygen atoms in total. The number of hydrogen-bond donors (Lipinski definition) is 5. The third-order valence-electron chi connectivity index (χ3n) is 18.7. The first-order valence-corrected chi connectivity index (χ1v) is 38.8. The fourth-order valence-corrected chi connectivity index (χ4v) is 21.1. The van der Waals surface area contributed by atoms with E-state index in [2.05, 4.69) is 50.4 Å². The van der Waals surface area contributed by atoms with E-state index in [0.717, 1.165) is 102 Å². The lowest BCUT2D eigenvalue weighted by Gasteiger charge is -2.25. The normalized spacial score (nSPS) is 17.0. The zero-order valence-electron chi connectivity index (χ0n) is 55.4. The molecule has 0 spiro atoms. The van der Waals surface area contributed by atoms with Crippen molar-refractivity contribution in [1.82, 2.24) is 10.6 Å². The summed E-state index contributed by atoms with van der Waals surface area (Å²) in [7, 11) is 3.25. The van der Waals surface area contributed by atoms with Gasteiger partial charge in [-0.1, -0.05) is 154 Å². The van der Waals surface area contributed by atoms with Crippen molar-refractivity contribution < 1.29 is 48.6 Å². The van der Waals surface area contributed by atoms with Crippen LogP contribution < -0.4 is 20.1 Å². The fraction of sp³-hybridized carbons (Fsp3) is 0.241. The summed E-state index contributed by atoms with van der Waals surface area (Å²) in [6.07, 6.45) is 3.62. The second kappa shape index (κ2) is 32.5. The molecule has 4 unspecified atom stereocenters. The minimum atomic E-state index is -0.407. The van der Waals surface area contributed by atoms with Gasteiger partial charge in [0.05, 0.1) is 66.4 Å². The average molecular weight is 1480 g/mol. The number of amides is 2. The van der Waals surface area contributed by atoms with Crippen LogP contribution in [-0.4, -0.2) is 71.4 Å². The molecule has 0 saturated heterocycles. The van der Waals surface area contributed by atoms with Gasteiger partial charge in [-0.05, 0) is 159 Å². The quantitative estimate of drug-likeness (QED) is 0.0166. The van der Waals surface area contributed by atoms with Crippen LogP contribution in [0.5, 0.6) is 11.5 Å². The Balaban J connectivity index is 0.682. The Bertz CT molecular complexity index is 4740. The van der Waals surface area contributed by atoms with Crippen molar-refractivity contribution in [2.45, 2.75) is 112 Å². The van der Waals surface area contributed by atoms with E-state index in [9.17, 15) is 34.4 Å². The number of oxime groups is 3. The summed E-state index contributed by atoms with van der Waals surface area (Å²) in [5.74, 6) is 1.79. The Hall–Kier alpha value is -8.67. The molecule has 3 aromatic heterocycles. The first-order chi connectivity index (χ1) is 49.2. The Labute approximate surface area is 615 Å². The summed E-state index contributed by atoms with van der Waals surface area (Å²) in [5, 5.41) is 50.2. The highest BCUT2D eigenvalue weighted by atomic mass is 35.5. The van der Waals surface area contributed by atoms with Gasteiger partial charge >= 0.3 is 5.97 Å². The van der Waals surface area contributed by atoms with Crippen LogP contribution in [0.15, 0.2) is 204 Å². The van der Waals surface area contributed by atoms with Crippen molar-refractivity contribution >= 4 is 116 Å². The number of nitrogens with one attached hydrogen (secondary N) is 2. The van der Waals surface area contributed by atoms with Gasteiger partial charge in [0.15, 0.2) is 0 Å². The molecule has 3 heterocycles. The van der Waals surface area contributed by atoms with Gasteiger partial charge in [0, 0.05) is 71.2 Å². The zero-order valence-corrected chi connectivity index (χ0v) is 61.0. The third-order valence-corrected chi connectivity index (χ3v) is 26.7. The summed E-state index contributed by atoms with van der Waals surface area (Å²) in [4.78, 5) is 44.7. The summed E-state index contributed by atoms with van der Waals surface area (Å²) in [5.41, 5.74) is 15.3. The lowest BCUT2D eigenvalue weighted by atomic mass is 9.80. The van der Waals surface area contributed by atoms with Crippen LogP contribution in [0.1, 0.15) is 162 Å². The number of ether oxygens (including phenoxy) is 3. The Morgan fingerprint density at radius 3 is 1.43 bits per heavy atom. The zero-order chi connectivity index (χ0) is 70.1. The minimum absolute atomic E-state index is 0.0232. The lowest BCUT2D eigenvalue weighted by molar-refractivity contribution is 0.0513. The van der Waals surface area contributed by atoms with E-state index in [1.54, 1.807) is 61.6 Å². The SMILES string of the molecule is COc1ccc(C2C/C(=N\O)c3c(SCc4ccc(C(C)NC(=O)c5sc(SCc6ccc(CCOC(=O)c7sc(SCc8ccccc8)c8c7CC(c7ccc(Cl)cc7)C/C8=N\O)cc6)c6c5CC(c5ccc(OC)cc5)C/C6=N\O)cc4)sc(C(=O)NCc4cccc(F)c4)c3C2)cc1. The number of fused-ring (bicyclic) bond motifs is 3. The number of methoxy groups -OCH3 is 2. The van der Waals surface area contributed by atoms with E-state index >= 15 is 0 Å². The highest BCUT2D eigenvalue weighted by molar-refractivity contribution is 8.01. The topological polar surface area (TPSA) is 201 Å². The van der Waals surface area contributed by atoms with Gasteiger partial charge in [-0.2, -0.15) is 0 Å². The van der Waals surface area contributed by atoms with Gasteiger partial charge in [0.2, 0.25) is 0 Å². The molecule has 22 heteroatoms. The van der Waals surface area contributed by atoms with Crippen molar-refractivity contribution in [2.75, 3.05) is 20.8 Å². The second-order valence-electron chi connectivity index (χ2n) is 25.1. The number of thioether (sulfide) groups is 3. The number of carbonyl (C=O) groups excluding carboxylic acids is 3. The third kappa shape index (κ3) is 16.3. The van der Waals surface area contributed by atoms with Gasteiger partial charge in [-0.15, -0.1) is 69.3 Å². The first-order valence-electron chi connectivity index (χ1n) is 33.0. The smallest absolute Gasteiger partial charge is 0.348 e. The lowest BCUT2D eigenvalue weighted by Crippen LogP contribution is -2.28. The summed E-state index contributed by atoms with van der Waals surface area (Å²) in [6.45, 7) is 2.26. The second-order valence-corrected chi connectivity index (χ2v) is 32.3. The predicted molar refractivity (Wildman–Crippen MR) is 404 cm³/mol. The van der Waals surface area contributed by atoms with Gasteiger partial charge < -0.3 is 40.5 Å². The molecule has 5 N–H and O–H groups in total. The molecule has 10 aromatic rings. The molecule has 0 saturated carbocycles. The van der Waals surface area contributed by atoms with E-state index in [0.29, 0.717) is 105 Å². The maximum atomic E-state index is 14.8. The van der Waals surface area contributed by atoms with Crippen molar-refractivity contribution in [3.8, 4) is 11.5 Å². The van der Waals surface area contributed by atoms with E-state index in [1.165, 1.54) is 46.1 Å². The molecule has 2 amide bonds. The molecule has 7 aromatic carbocycles. The van der Waals surface area contributed by atoms with Crippen LogP contribution in [0.2, 0.25) is 5.02 Å². The van der Waals surface area contributed by atoms with Gasteiger partial charge in [-0.25, -0.2) is 9.18 Å². The number of hydrogen-bond acceptors (Lipinski definition) is 18. The van der Waals surface area contributed by atoms with E-state index in [1.807, 2.05) is 134 Å². The molecule has 0 radical (unpaired) electrons. The van der Waals surface area contributed by atoms with Crippen LogP contribution in [0.3, 0.4) is 0 Å². The molecule has 13 rings (SSSR count). The Morgan fingerprint density at radius 2 is 0.950 bits per heavy atom. The average Bonchev–Trinajstić information content (AvgIpc) is 1.65. The summed E-state index contributed by atoms with van der Waals surface area (Å²) in [6, 6.07) is 55.6. The highest BCUT2D eigenvalue weighted by Gasteiger charge is 2.38. The first kappa shape index (κ1) is 70.8. The molecule has 516 valence electrons. The number of esters is 1. The number of nitrogens with zero attached hydrogens (tertiary/aromatic N) is 3. The maximum Gasteiger partial charge on any atom is 0.348 e. The standard InChI is InChI=1S/C79H71ClFN5O9S6/c1-45(51-18-16-49(17-19-51)44-98-77-68-62(71(99-77)74(87)82-41-50-10-7-11-59(81)34-50)35-55(38-65(68)84-90)53-22-28-60(93-2)29-23-53)83-75(88)72-63-36-56(54-24-30-61(94-3)31-25-54)39-66(85-91)69(63)78(100-72)97-43-48-14-12-46(13-15-48)32-33-95-76(89)73-64-37-57(52-20-26-58(80)27-21-52)40-67(86-92)70(64)79(101-73)96-42-47-8-5-4-6-9-47/h4-31,34,45,55-57,90-92H,32-33,35-44H2,1-3H3,(H,82,87)(H,83,88)/b84-65+,85-66+,86-67+.